The van der Waals surface area contributed by atoms with Gasteiger partial charge in [0.15, 0.2) is 5.78 Å². The number of likely N-dealkylation sites (tertiary alicyclic amines) is 1. The molecule has 3 rings (SSSR count). The summed E-state index contributed by atoms with van der Waals surface area (Å²) in [6, 6.07) is 2.99. The lowest BCUT2D eigenvalue weighted by molar-refractivity contribution is -0.143. The average Bonchev–Trinajstić information content (AvgIpc) is 2.54. The summed E-state index contributed by atoms with van der Waals surface area (Å²) in [7, 11) is 0. The fraction of sp³-hybridized carbons (Fsp3) is 0.529. The Kier molecular flexibility index (Phi) is 4.51. The normalized spacial score (nSPS) is 23.5. The van der Waals surface area contributed by atoms with Crippen LogP contribution in [0.2, 0.25) is 0 Å². The maximum atomic E-state index is 12.4. The van der Waals surface area contributed by atoms with Gasteiger partial charge in [-0.15, -0.1) is 0 Å². The van der Waals surface area contributed by atoms with Crippen molar-refractivity contribution in [3.8, 4) is 0 Å². The van der Waals surface area contributed by atoms with E-state index >= 15 is 0 Å². The standard InChI is InChI=1S/C17H21N3O4/c1-10-7-11(16(22)23)9-20(8-10)17(24)19-15-6-5-12-13(18-15)3-2-4-14(12)21/h5-6,10-11H,2-4,7-9H2,1H3,(H,22,23)(H,18,19,24). The van der Waals surface area contributed by atoms with Gasteiger partial charge in [-0.05, 0) is 37.3 Å². The van der Waals surface area contributed by atoms with Crippen molar-refractivity contribution < 1.29 is 19.5 Å². The Labute approximate surface area is 140 Å². The number of urea groups is 1. The molecule has 1 aliphatic carbocycles. The molecule has 0 aromatic carbocycles. The summed E-state index contributed by atoms with van der Waals surface area (Å²) in [5.74, 6) is -0.771. The summed E-state index contributed by atoms with van der Waals surface area (Å²) >= 11 is 0. The summed E-state index contributed by atoms with van der Waals surface area (Å²) in [4.78, 5) is 41.4. The highest BCUT2D eigenvalue weighted by Crippen LogP contribution is 2.24. The first kappa shape index (κ1) is 16.4. The number of hydrogen-bond acceptors (Lipinski definition) is 4. The molecule has 2 atom stereocenters. The zero-order valence-corrected chi connectivity index (χ0v) is 13.6. The van der Waals surface area contributed by atoms with Gasteiger partial charge in [0.05, 0.1) is 11.6 Å². The van der Waals surface area contributed by atoms with Crippen molar-refractivity contribution in [3.63, 3.8) is 0 Å². The number of rotatable bonds is 2. The molecule has 0 saturated carbocycles. The van der Waals surface area contributed by atoms with Gasteiger partial charge in [0, 0.05) is 25.1 Å². The lowest BCUT2D eigenvalue weighted by atomic mass is 9.91. The quantitative estimate of drug-likeness (QED) is 0.865. The molecule has 0 bridgehead atoms. The van der Waals surface area contributed by atoms with Crippen LogP contribution in [0.15, 0.2) is 12.1 Å². The molecule has 0 radical (unpaired) electrons. The van der Waals surface area contributed by atoms with Crippen LogP contribution in [0.25, 0.3) is 0 Å². The number of Topliss-reactive ketones (excluding diaryl/α,β-unsaturated/α-hetero) is 1. The second-order valence-electron chi connectivity index (χ2n) is 6.68. The molecule has 2 N–H and O–H groups in total. The SMILES string of the molecule is CC1CC(C(=O)O)CN(C(=O)Nc2ccc3c(n2)CCCC3=O)C1. The van der Waals surface area contributed by atoms with Gasteiger partial charge in [0.1, 0.15) is 5.82 Å². The Morgan fingerprint density at radius 3 is 2.83 bits per heavy atom. The number of aromatic nitrogens is 1. The number of pyridine rings is 1. The van der Waals surface area contributed by atoms with Crippen molar-refractivity contribution in [2.75, 3.05) is 18.4 Å². The van der Waals surface area contributed by atoms with Crippen LogP contribution in [0.4, 0.5) is 10.6 Å². The molecule has 2 amide bonds. The first-order chi connectivity index (χ1) is 11.4. The minimum absolute atomic E-state index is 0.0933. The molecule has 2 heterocycles. The van der Waals surface area contributed by atoms with E-state index in [0.29, 0.717) is 30.8 Å². The van der Waals surface area contributed by atoms with Crippen molar-refractivity contribution in [2.45, 2.75) is 32.6 Å². The topological polar surface area (TPSA) is 99.6 Å². The maximum absolute atomic E-state index is 12.4. The lowest BCUT2D eigenvalue weighted by Crippen LogP contribution is -2.47. The third-order valence-electron chi connectivity index (χ3n) is 4.62. The van der Waals surface area contributed by atoms with Gasteiger partial charge in [-0.1, -0.05) is 6.92 Å². The number of aryl methyl sites for hydroxylation is 1. The fourth-order valence-corrected chi connectivity index (χ4v) is 3.45. The van der Waals surface area contributed by atoms with E-state index in [1.165, 1.54) is 4.90 Å². The van der Waals surface area contributed by atoms with Gasteiger partial charge >= 0.3 is 12.0 Å². The smallest absolute Gasteiger partial charge is 0.323 e. The molecule has 128 valence electrons. The second-order valence-corrected chi connectivity index (χ2v) is 6.68. The number of hydrogen-bond donors (Lipinski definition) is 2. The van der Waals surface area contributed by atoms with Crippen LogP contribution in [0.5, 0.6) is 0 Å². The first-order valence-corrected chi connectivity index (χ1v) is 8.26. The van der Waals surface area contributed by atoms with Crippen LogP contribution < -0.4 is 5.32 Å². The number of anilines is 1. The Balaban J connectivity index is 1.70. The second kappa shape index (κ2) is 6.59. The molecule has 1 fully saturated rings. The Morgan fingerprint density at radius 1 is 1.29 bits per heavy atom. The van der Waals surface area contributed by atoms with Gasteiger partial charge in [0.25, 0.3) is 0 Å². The molecule has 7 heteroatoms. The molecular formula is C17H21N3O4. The molecule has 1 aromatic rings. The molecule has 2 unspecified atom stereocenters. The van der Waals surface area contributed by atoms with Crippen LogP contribution in [-0.4, -0.2) is 45.9 Å². The van der Waals surface area contributed by atoms with E-state index in [1.54, 1.807) is 12.1 Å². The monoisotopic (exact) mass is 331 g/mol. The van der Waals surface area contributed by atoms with Gasteiger partial charge in [-0.2, -0.15) is 0 Å². The number of nitrogens with one attached hydrogen (secondary N) is 1. The molecule has 1 aliphatic heterocycles. The number of ketones is 1. The number of fused-ring (bicyclic) bond motifs is 1. The predicted octanol–water partition coefficient (Wildman–Crippen LogP) is 2.18. The van der Waals surface area contributed by atoms with Crippen molar-refractivity contribution in [1.82, 2.24) is 9.88 Å². The average molecular weight is 331 g/mol. The number of carbonyl (C=O) groups is 3. The molecule has 1 aromatic heterocycles. The van der Waals surface area contributed by atoms with E-state index in [4.69, 9.17) is 0 Å². The van der Waals surface area contributed by atoms with E-state index in [9.17, 15) is 19.5 Å². The summed E-state index contributed by atoms with van der Waals surface area (Å²) in [5, 5.41) is 11.9. The number of carboxylic acid groups (broad SMARTS) is 1. The van der Waals surface area contributed by atoms with Crippen LogP contribution in [0.1, 0.15) is 42.2 Å². The van der Waals surface area contributed by atoms with Crippen molar-refractivity contribution in [2.24, 2.45) is 11.8 Å². The summed E-state index contributed by atoms with van der Waals surface area (Å²) < 4.78 is 0. The van der Waals surface area contributed by atoms with Gasteiger partial charge < -0.3 is 10.0 Å². The van der Waals surface area contributed by atoms with E-state index in [0.717, 1.165) is 18.5 Å². The molecule has 2 aliphatic rings. The highest BCUT2D eigenvalue weighted by Gasteiger charge is 2.32. The van der Waals surface area contributed by atoms with Gasteiger partial charge in [-0.25, -0.2) is 9.78 Å². The minimum atomic E-state index is -0.871. The third-order valence-corrected chi connectivity index (χ3v) is 4.62. The summed E-state index contributed by atoms with van der Waals surface area (Å²) in [6.07, 6.45) is 2.63. The van der Waals surface area contributed by atoms with Crippen LogP contribution >= 0.6 is 0 Å². The molecule has 7 nitrogen and oxygen atoms in total. The molecule has 1 saturated heterocycles. The predicted molar refractivity (Wildman–Crippen MR) is 87.0 cm³/mol. The molecule has 24 heavy (non-hydrogen) atoms. The third kappa shape index (κ3) is 3.39. The minimum Gasteiger partial charge on any atom is -0.481 e. The van der Waals surface area contributed by atoms with Crippen molar-refractivity contribution in [3.05, 3.63) is 23.4 Å². The number of aliphatic carboxylic acids is 1. The van der Waals surface area contributed by atoms with Gasteiger partial charge in [-0.3, -0.25) is 14.9 Å². The molecule has 0 spiro atoms. The largest absolute Gasteiger partial charge is 0.481 e. The highest BCUT2D eigenvalue weighted by molar-refractivity contribution is 5.98. The van der Waals surface area contributed by atoms with Crippen LogP contribution in [0, 0.1) is 11.8 Å². The molecular weight excluding hydrogens is 310 g/mol. The van der Waals surface area contributed by atoms with Crippen molar-refractivity contribution >= 4 is 23.6 Å². The number of nitrogens with zero attached hydrogens (tertiary/aromatic N) is 2. The van der Waals surface area contributed by atoms with Crippen LogP contribution in [0.3, 0.4) is 0 Å². The first-order valence-electron chi connectivity index (χ1n) is 8.26. The van der Waals surface area contributed by atoms with Gasteiger partial charge in [0.2, 0.25) is 0 Å². The maximum Gasteiger partial charge on any atom is 0.323 e. The van der Waals surface area contributed by atoms with E-state index in [1.807, 2.05) is 6.92 Å². The number of amides is 2. The Hall–Kier alpha value is -2.44. The van der Waals surface area contributed by atoms with E-state index in [-0.39, 0.29) is 24.3 Å². The number of carbonyl (C=O) groups excluding carboxylic acids is 2. The zero-order valence-electron chi connectivity index (χ0n) is 13.6. The summed E-state index contributed by atoms with van der Waals surface area (Å²) in [6.45, 7) is 2.67. The fourth-order valence-electron chi connectivity index (χ4n) is 3.45. The zero-order chi connectivity index (χ0) is 17.3. The summed E-state index contributed by atoms with van der Waals surface area (Å²) in [5.41, 5.74) is 1.36. The van der Waals surface area contributed by atoms with Crippen LogP contribution in [-0.2, 0) is 11.2 Å². The van der Waals surface area contributed by atoms with E-state index < -0.39 is 11.9 Å². The number of carboxylic acids is 1. The lowest BCUT2D eigenvalue weighted by Gasteiger charge is -2.34. The van der Waals surface area contributed by atoms with Crippen molar-refractivity contribution in [1.29, 1.82) is 0 Å². The van der Waals surface area contributed by atoms with E-state index in [2.05, 4.69) is 10.3 Å². The Morgan fingerprint density at radius 2 is 2.08 bits per heavy atom. The Bertz CT molecular complexity index is 688. The number of piperidine rings is 1. The highest BCUT2D eigenvalue weighted by atomic mass is 16.4.